The molecule has 0 saturated carbocycles. The van der Waals surface area contributed by atoms with Crippen molar-refractivity contribution in [1.29, 1.82) is 0 Å². The highest BCUT2D eigenvalue weighted by atomic mass is 32.2. The molecule has 23 heavy (non-hydrogen) atoms. The Kier molecular flexibility index (Phi) is 5.44. The summed E-state index contributed by atoms with van der Waals surface area (Å²) in [5, 5.41) is 9.18. The minimum absolute atomic E-state index is 0.0329. The van der Waals surface area contributed by atoms with Crippen molar-refractivity contribution in [3.05, 3.63) is 29.3 Å². The first kappa shape index (κ1) is 17.9. The van der Waals surface area contributed by atoms with Gasteiger partial charge in [-0.3, -0.25) is 4.90 Å². The minimum atomic E-state index is -3.65. The van der Waals surface area contributed by atoms with Crippen LogP contribution in [0.15, 0.2) is 23.1 Å². The molecule has 1 aromatic rings. The highest BCUT2D eigenvalue weighted by Gasteiger charge is 2.34. The average Bonchev–Trinajstić information content (AvgIpc) is 2.99. The van der Waals surface area contributed by atoms with Crippen LogP contribution in [-0.4, -0.2) is 60.9 Å². The van der Waals surface area contributed by atoms with Gasteiger partial charge in [-0.05, 0) is 44.1 Å². The van der Waals surface area contributed by atoms with Crippen molar-refractivity contribution in [3.8, 4) is 0 Å². The second-order valence-corrected chi connectivity index (χ2v) is 7.75. The van der Waals surface area contributed by atoms with E-state index in [0.29, 0.717) is 18.7 Å². The van der Waals surface area contributed by atoms with Crippen molar-refractivity contribution in [3.63, 3.8) is 0 Å². The molecule has 1 aliphatic heterocycles. The molecule has 0 aromatic heterocycles. The molecule has 0 unspecified atom stereocenters. The first-order valence-corrected chi connectivity index (χ1v) is 9.33. The second-order valence-electron chi connectivity index (χ2n) is 5.81. The van der Waals surface area contributed by atoms with Crippen molar-refractivity contribution >= 4 is 16.0 Å². The molecule has 2 rings (SSSR count). The number of rotatable bonds is 6. The van der Waals surface area contributed by atoms with Gasteiger partial charge in [0.25, 0.3) is 0 Å². The number of nitrogens with zero attached hydrogens (tertiary/aromatic N) is 2. The predicted octanol–water partition coefficient (Wildman–Crippen LogP) is 1.80. The number of sulfonamides is 1. The van der Waals surface area contributed by atoms with E-state index in [1.54, 1.807) is 13.0 Å². The molecular formula is C16H24N2O4S. The summed E-state index contributed by atoms with van der Waals surface area (Å²) in [6.45, 7) is 8.51. The van der Waals surface area contributed by atoms with Crippen LogP contribution in [0.2, 0.25) is 0 Å². The zero-order chi connectivity index (χ0) is 17.2. The molecule has 6 nitrogen and oxygen atoms in total. The molecule has 128 valence electrons. The van der Waals surface area contributed by atoms with Gasteiger partial charge in [-0.25, -0.2) is 13.2 Å². The lowest BCUT2D eigenvalue weighted by atomic mass is 10.1. The Morgan fingerprint density at radius 3 is 2.57 bits per heavy atom. The van der Waals surface area contributed by atoms with E-state index in [-0.39, 0.29) is 16.5 Å². The predicted molar refractivity (Wildman–Crippen MR) is 88.2 cm³/mol. The minimum Gasteiger partial charge on any atom is -0.478 e. The lowest BCUT2D eigenvalue weighted by Crippen LogP contribution is -2.38. The van der Waals surface area contributed by atoms with Gasteiger partial charge in [-0.15, -0.1) is 0 Å². The van der Waals surface area contributed by atoms with E-state index in [9.17, 15) is 18.3 Å². The molecule has 1 heterocycles. The van der Waals surface area contributed by atoms with Gasteiger partial charge in [-0.1, -0.05) is 19.9 Å². The first-order valence-electron chi connectivity index (χ1n) is 7.89. The smallest absolute Gasteiger partial charge is 0.335 e. The summed E-state index contributed by atoms with van der Waals surface area (Å²) in [5.41, 5.74) is 0.587. The third-order valence-electron chi connectivity index (χ3n) is 4.53. The third-order valence-corrected chi connectivity index (χ3v) is 6.39. The normalized spacial score (nSPS) is 19.4. The van der Waals surface area contributed by atoms with Crippen LogP contribution in [0.25, 0.3) is 0 Å². The van der Waals surface area contributed by atoms with E-state index in [0.717, 1.165) is 19.5 Å². The molecule has 1 aliphatic rings. The molecule has 0 bridgehead atoms. The molecule has 1 N–H and O–H groups in total. The van der Waals surface area contributed by atoms with Gasteiger partial charge in [0.05, 0.1) is 10.5 Å². The van der Waals surface area contributed by atoms with E-state index in [1.807, 2.05) is 0 Å². The largest absolute Gasteiger partial charge is 0.478 e. The third kappa shape index (κ3) is 3.57. The van der Waals surface area contributed by atoms with Crippen LogP contribution in [0, 0.1) is 6.92 Å². The van der Waals surface area contributed by atoms with Gasteiger partial charge in [0.2, 0.25) is 10.0 Å². The second kappa shape index (κ2) is 6.98. The van der Waals surface area contributed by atoms with E-state index in [4.69, 9.17) is 0 Å². The number of carboxylic acid groups (broad SMARTS) is 1. The summed E-state index contributed by atoms with van der Waals surface area (Å²) in [4.78, 5) is 13.5. The SMILES string of the molecule is CCN(CC)[C@H]1CCN(S(=O)(=O)c2ccc(C)c(C(=O)O)c2)C1. The molecule has 1 atom stereocenters. The van der Waals surface area contributed by atoms with Crippen LogP contribution in [0.5, 0.6) is 0 Å². The Labute approximate surface area is 137 Å². The highest BCUT2D eigenvalue weighted by Crippen LogP contribution is 2.25. The van der Waals surface area contributed by atoms with E-state index in [2.05, 4.69) is 18.7 Å². The number of benzene rings is 1. The molecule has 0 amide bonds. The van der Waals surface area contributed by atoms with E-state index in [1.165, 1.54) is 16.4 Å². The lowest BCUT2D eigenvalue weighted by Gasteiger charge is -2.26. The number of hydrogen-bond acceptors (Lipinski definition) is 4. The van der Waals surface area contributed by atoms with Crippen molar-refractivity contribution in [2.24, 2.45) is 0 Å². The summed E-state index contributed by atoms with van der Waals surface area (Å²) in [5.74, 6) is -1.11. The molecule has 0 aliphatic carbocycles. The first-order chi connectivity index (χ1) is 10.8. The van der Waals surface area contributed by atoms with Crippen LogP contribution < -0.4 is 0 Å². The maximum atomic E-state index is 12.8. The van der Waals surface area contributed by atoms with Gasteiger partial charge in [-0.2, -0.15) is 4.31 Å². The fourth-order valence-electron chi connectivity index (χ4n) is 3.11. The Morgan fingerprint density at radius 2 is 2.00 bits per heavy atom. The standard InChI is InChI=1S/C16H24N2O4S/c1-4-17(5-2)13-8-9-18(11-13)23(21,22)14-7-6-12(3)15(10-14)16(19)20/h6-7,10,13H,4-5,8-9,11H2,1-3H3,(H,19,20)/t13-/m0/s1. The Hall–Kier alpha value is -1.44. The van der Waals surface area contributed by atoms with Crippen LogP contribution in [0.4, 0.5) is 0 Å². The van der Waals surface area contributed by atoms with Gasteiger partial charge >= 0.3 is 5.97 Å². The van der Waals surface area contributed by atoms with Gasteiger partial charge < -0.3 is 5.11 Å². The van der Waals surface area contributed by atoms with Crippen molar-refractivity contribution in [2.75, 3.05) is 26.2 Å². The number of aryl methyl sites for hydroxylation is 1. The lowest BCUT2D eigenvalue weighted by molar-refractivity contribution is 0.0696. The summed E-state index contributed by atoms with van der Waals surface area (Å²) in [6, 6.07) is 4.53. The molecule has 0 spiro atoms. The Balaban J connectivity index is 2.26. The highest BCUT2D eigenvalue weighted by molar-refractivity contribution is 7.89. The van der Waals surface area contributed by atoms with Crippen LogP contribution in [0.1, 0.15) is 36.2 Å². The van der Waals surface area contributed by atoms with Crippen LogP contribution in [-0.2, 0) is 10.0 Å². The number of carboxylic acids is 1. The average molecular weight is 340 g/mol. The quantitative estimate of drug-likeness (QED) is 0.854. The maximum absolute atomic E-state index is 12.8. The summed E-state index contributed by atoms with van der Waals surface area (Å²) in [7, 11) is -3.65. The Morgan fingerprint density at radius 1 is 1.35 bits per heavy atom. The van der Waals surface area contributed by atoms with E-state index < -0.39 is 16.0 Å². The number of likely N-dealkylation sites (N-methyl/N-ethyl adjacent to an activating group) is 1. The summed E-state index contributed by atoms with van der Waals surface area (Å²) >= 11 is 0. The van der Waals surface area contributed by atoms with Crippen molar-refractivity contribution in [1.82, 2.24) is 9.21 Å². The number of carbonyl (C=O) groups is 1. The monoisotopic (exact) mass is 340 g/mol. The summed E-state index contributed by atoms with van der Waals surface area (Å²) < 4.78 is 27.0. The van der Waals surface area contributed by atoms with Gasteiger partial charge in [0.1, 0.15) is 0 Å². The zero-order valence-corrected chi connectivity index (χ0v) is 14.6. The molecule has 0 radical (unpaired) electrons. The fraction of sp³-hybridized carbons (Fsp3) is 0.562. The fourth-order valence-corrected chi connectivity index (χ4v) is 4.63. The molecular weight excluding hydrogens is 316 g/mol. The molecule has 7 heteroatoms. The maximum Gasteiger partial charge on any atom is 0.335 e. The molecule has 1 saturated heterocycles. The number of aromatic carboxylic acids is 1. The molecule has 1 aromatic carbocycles. The van der Waals surface area contributed by atoms with Crippen molar-refractivity contribution in [2.45, 2.75) is 38.1 Å². The van der Waals surface area contributed by atoms with Crippen LogP contribution >= 0.6 is 0 Å². The van der Waals surface area contributed by atoms with Crippen molar-refractivity contribution < 1.29 is 18.3 Å². The summed E-state index contributed by atoms with van der Waals surface area (Å²) in [6.07, 6.45) is 0.804. The zero-order valence-electron chi connectivity index (χ0n) is 13.8. The van der Waals surface area contributed by atoms with Gasteiger partial charge in [0.15, 0.2) is 0 Å². The topological polar surface area (TPSA) is 77.9 Å². The van der Waals surface area contributed by atoms with Crippen LogP contribution in [0.3, 0.4) is 0 Å². The van der Waals surface area contributed by atoms with Gasteiger partial charge in [0, 0.05) is 19.1 Å². The Bertz CT molecular complexity index is 683. The molecule has 1 fully saturated rings. The number of hydrogen-bond donors (Lipinski definition) is 1. The van der Waals surface area contributed by atoms with E-state index >= 15 is 0 Å².